The van der Waals surface area contributed by atoms with Crippen LogP contribution in [0.4, 0.5) is 15.3 Å². The third-order valence-electron chi connectivity index (χ3n) is 6.21. The van der Waals surface area contributed by atoms with Crippen LogP contribution in [-0.2, 0) is 44.8 Å². The van der Waals surface area contributed by atoms with E-state index in [1.54, 1.807) is 24.3 Å². The number of carbonyl (C=O) groups is 7. The van der Waals surface area contributed by atoms with Crippen molar-refractivity contribution in [1.29, 1.82) is 0 Å². The summed E-state index contributed by atoms with van der Waals surface area (Å²) in [4.78, 5) is 84.8. The Morgan fingerprint density at radius 2 is 1.61 bits per heavy atom. The van der Waals surface area contributed by atoms with Gasteiger partial charge in [-0.15, -0.1) is 0 Å². The van der Waals surface area contributed by atoms with Crippen LogP contribution >= 0.6 is 12.6 Å². The molecule has 0 unspecified atom stereocenters. The number of nitrogens with zero attached hydrogens (tertiary/aromatic N) is 1. The lowest BCUT2D eigenvalue weighted by molar-refractivity contribution is -0.138. The SMILES string of the molecule is C=C(C)[C@H](NC(=O)COCCOCCN1C(=O)C=CC1=O)C(=O)N[C@@H](CCCNC(N)=O)C(=O)Nc1ccc(COC(=O)S)cc1. The Morgan fingerprint density at radius 1 is 0.957 bits per heavy atom. The highest BCUT2D eigenvalue weighted by atomic mass is 32.1. The molecule has 6 N–H and O–H groups in total. The van der Waals surface area contributed by atoms with Gasteiger partial charge >= 0.3 is 11.3 Å². The Kier molecular flexibility index (Phi) is 16.0. The quantitative estimate of drug-likeness (QED) is 0.0364. The summed E-state index contributed by atoms with van der Waals surface area (Å²) in [6.07, 6.45) is 2.76. The van der Waals surface area contributed by atoms with E-state index >= 15 is 0 Å². The van der Waals surface area contributed by atoms with E-state index in [9.17, 15) is 33.6 Å². The molecule has 46 heavy (non-hydrogen) atoms. The van der Waals surface area contributed by atoms with Crippen molar-refractivity contribution in [1.82, 2.24) is 20.9 Å². The van der Waals surface area contributed by atoms with E-state index in [4.69, 9.17) is 19.9 Å². The van der Waals surface area contributed by atoms with Crippen molar-refractivity contribution in [3.63, 3.8) is 0 Å². The highest BCUT2D eigenvalue weighted by Gasteiger charge is 2.27. The zero-order valence-electron chi connectivity index (χ0n) is 25.2. The lowest BCUT2D eigenvalue weighted by atomic mass is 10.1. The smallest absolute Gasteiger partial charge is 0.364 e. The Labute approximate surface area is 270 Å². The maximum Gasteiger partial charge on any atom is 0.364 e. The first-order valence-electron chi connectivity index (χ1n) is 14.1. The Bertz CT molecular complexity index is 1300. The number of rotatable bonds is 20. The summed E-state index contributed by atoms with van der Waals surface area (Å²) >= 11 is 3.54. The van der Waals surface area contributed by atoms with Crippen LogP contribution in [0.2, 0.25) is 0 Å². The van der Waals surface area contributed by atoms with Gasteiger partial charge in [-0.25, -0.2) is 9.59 Å². The van der Waals surface area contributed by atoms with Crippen LogP contribution in [0.3, 0.4) is 0 Å². The first-order valence-corrected chi connectivity index (χ1v) is 14.5. The summed E-state index contributed by atoms with van der Waals surface area (Å²) in [6, 6.07) is 3.44. The van der Waals surface area contributed by atoms with Crippen LogP contribution in [0, 0.1) is 0 Å². The largest absolute Gasteiger partial charge is 0.453 e. The number of hydrogen-bond acceptors (Lipinski definition) is 10. The topological polar surface area (TPSA) is 225 Å². The number of ether oxygens (including phenoxy) is 3. The van der Waals surface area contributed by atoms with Gasteiger partial charge in [0.2, 0.25) is 17.7 Å². The number of thiol groups is 1. The van der Waals surface area contributed by atoms with Crippen molar-refractivity contribution >= 4 is 59.2 Å². The molecule has 0 saturated heterocycles. The van der Waals surface area contributed by atoms with Crippen LogP contribution in [0.25, 0.3) is 0 Å². The molecule has 250 valence electrons. The number of carbonyl (C=O) groups excluding carboxylic acids is 7. The molecule has 0 spiro atoms. The molecule has 2 atom stereocenters. The molecule has 1 aromatic carbocycles. The molecule has 1 aliphatic heterocycles. The fourth-order valence-corrected chi connectivity index (χ4v) is 3.97. The molecule has 0 aromatic heterocycles. The highest BCUT2D eigenvalue weighted by Crippen LogP contribution is 2.13. The number of nitrogens with one attached hydrogen (secondary N) is 4. The molecule has 1 aliphatic rings. The highest BCUT2D eigenvalue weighted by molar-refractivity contribution is 7.96. The number of amides is 7. The average molecular weight is 663 g/mol. The summed E-state index contributed by atoms with van der Waals surface area (Å²) < 4.78 is 15.4. The van der Waals surface area contributed by atoms with Crippen molar-refractivity contribution < 1.29 is 47.8 Å². The van der Waals surface area contributed by atoms with Crippen molar-refractivity contribution in [3.05, 3.63) is 54.1 Å². The van der Waals surface area contributed by atoms with Crippen molar-refractivity contribution in [2.45, 2.75) is 38.5 Å². The van der Waals surface area contributed by atoms with Crippen molar-refractivity contribution in [2.24, 2.45) is 5.73 Å². The molecule has 0 radical (unpaired) electrons. The first-order chi connectivity index (χ1) is 21.9. The van der Waals surface area contributed by atoms with Gasteiger partial charge in [-0.05, 0) is 43.0 Å². The van der Waals surface area contributed by atoms with Gasteiger partial charge in [0, 0.05) is 24.4 Å². The molecule has 0 bridgehead atoms. The van der Waals surface area contributed by atoms with Gasteiger partial charge in [-0.2, -0.15) is 0 Å². The molecule has 0 saturated carbocycles. The monoisotopic (exact) mass is 662 g/mol. The second-order valence-corrected chi connectivity index (χ2v) is 10.3. The van der Waals surface area contributed by atoms with Crippen LogP contribution in [0.5, 0.6) is 0 Å². The number of anilines is 1. The molecule has 7 amide bonds. The van der Waals surface area contributed by atoms with E-state index in [1.165, 1.54) is 19.1 Å². The van der Waals surface area contributed by atoms with Gasteiger partial charge in [0.05, 0.1) is 26.4 Å². The average Bonchev–Trinajstić information content (AvgIpc) is 3.32. The van der Waals surface area contributed by atoms with Crippen LogP contribution in [0.15, 0.2) is 48.6 Å². The minimum atomic E-state index is -1.19. The Hall–Kier alpha value is -4.74. The second-order valence-electron chi connectivity index (χ2n) is 9.91. The zero-order chi connectivity index (χ0) is 34.1. The molecule has 1 aromatic rings. The minimum absolute atomic E-state index is 0.00175. The summed E-state index contributed by atoms with van der Waals surface area (Å²) in [5.41, 5.74) is 6.45. The maximum atomic E-state index is 13.2. The Balaban J connectivity index is 1.88. The van der Waals surface area contributed by atoms with E-state index in [-0.39, 0.29) is 52.4 Å². The van der Waals surface area contributed by atoms with Gasteiger partial charge in [0.25, 0.3) is 11.8 Å². The zero-order valence-corrected chi connectivity index (χ0v) is 26.1. The third kappa shape index (κ3) is 13.9. The molecule has 17 heteroatoms. The normalized spacial score (nSPS) is 13.5. The minimum Gasteiger partial charge on any atom is -0.453 e. The maximum absolute atomic E-state index is 13.2. The molecule has 0 fully saturated rings. The van der Waals surface area contributed by atoms with E-state index in [2.05, 4.69) is 40.5 Å². The summed E-state index contributed by atoms with van der Waals surface area (Å²) in [5.74, 6) is -2.71. The third-order valence-corrected chi connectivity index (χ3v) is 6.34. The number of primary amides is 1. The predicted molar refractivity (Wildman–Crippen MR) is 167 cm³/mol. The van der Waals surface area contributed by atoms with Crippen LogP contribution in [0.1, 0.15) is 25.3 Å². The van der Waals surface area contributed by atoms with E-state index in [1.807, 2.05) is 0 Å². The lowest BCUT2D eigenvalue weighted by Gasteiger charge is -2.23. The Morgan fingerprint density at radius 3 is 2.22 bits per heavy atom. The van der Waals surface area contributed by atoms with Gasteiger partial charge in [-0.3, -0.25) is 28.9 Å². The van der Waals surface area contributed by atoms with Crippen LogP contribution < -0.4 is 27.0 Å². The van der Waals surface area contributed by atoms with Crippen LogP contribution in [-0.4, -0.2) is 97.4 Å². The van der Waals surface area contributed by atoms with E-state index < -0.39 is 59.6 Å². The summed E-state index contributed by atoms with van der Waals surface area (Å²) in [7, 11) is 0. The number of benzene rings is 1. The number of urea groups is 1. The van der Waals surface area contributed by atoms with Gasteiger partial charge in [0.1, 0.15) is 25.3 Å². The van der Waals surface area contributed by atoms with E-state index in [0.29, 0.717) is 16.8 Å². The molecule has 16 nitrogen and oxygen atoms in total. The molecule has 1 heterocycles. The predicted octanol–water partition coefficient (Wildman–Crippen LogP) is 0.144. The summed E-state index contributed by atoms with van der Waals surface area (Å²) in [6.45, 7) is 5.34. The van der Waals surface area contributed by atoms with E-state index in [0.717, 1.165) is 4.90 Å². The van der Waals surface area contributed by atoms with Gasteiger partial charge in [-0.1, -0.05) is 31.3 Å². The molecule has 2 rings (SSSR count). The first kappa shape index (κ1) is 37.4. The fourth-order valence-electron chi connectivity index (χ4n) is 3.91. The van der Waals surface area contributed by atoms with Gasteiger partial charge < -0.3 is 41.2 Å². The number of hydrogen-bond donors (Lipinski definition) is 6. The van der Waals surface area contributed by atoms with Gasteiger partial charge in [0.15, 0.2) is 0 Å². The molecular formula is C29H38N6O10S. The van der Waals surface area contributed by atoms with Crippen molar-refractivity contribution in [3.8, 4) is 0 Å². The summed E-state index contributed by atoms with van der Waals surface area (Å²) in [5, 5.41) is 9.52. The number of nitrogens with two attached hydrogens (primary N) is 1. The fraction of sp³-hybridized carbons (Fsp3) is 0.414. The number of imide groups is 1. The molecule has 0 aliphatic carbocycles. The second kappa shape index (κ2) is 19.6. The standard InChI is InChI=1S/C29H38N6O10S/c1-18(2)25(34-22(36)17-44-15-14-43-13-12-35-23(37)9-10-24(35)38)27(40)33-21(4-3-11-31-28(30)41)26(39)32-20-7-5-19(6-8-20)16-45-29(42)46/h5-10,21,25H,1,3-4,11-17H2,2H3,(H,32,39)(H,33,40)(H,34,36)(H,42,46)(H3,30,31,41)/t21-,25-/m0/s1. The van der Waals surface area contributed by atoms with Crippen molar-refractivity contribution in [2.75, 3.05) is 44.8 Å². The lowest BCUT2D eigenvalue weighted by Crippen LogP contribution is -2.53. The molecular weight excluding hydrogens is 624 g/mol.